The minimum absolute atomic E-state index is 0.0799. The number of alkyl halides is 3. The summed E-state index contributed by atoms with van der Waals surface area (Å²) in [6, 6.07) is 11.0. The van der Waals surface area contributed by atoms with Crippen LogP contribution in [0.1, 0.15) is 41.3 Å². The van der Waals surface area contributed by atoms with Gasteiger partial charge in [0.25, 0.3) is 5.91 Å². The highest BCUT2D eigenvalue weighted by atomic mass is 35.5. The van der Waals surface area contributed by atoms with Crippen LogP contribution in [0.4, 0.5) is 23.4 Å². The molecule has 0 atom stereocenters. The van der Waals surface area contributed by atoms with Crippen molar-refractivity contribution >= 4 is 29.3 Å². The lowest BCUT2D eigenvalue weighted by molar-refractivity contribution is -0.149. The SMILES string of the molecule is CCOC(=O)C1CCN(C(=O)c2ccc(-c3ccc(NCCc4c(F)cccc4Cl)nc3)c(C(F)(F)F)c2)CC1. The van der Waals surface area contributed by atoms with E-state index >= 15 is 0 Å². The van der Waals surface area contributed by atoms with E-state index in [-0.39, 0.29) is 48.3 Å². The Hall–Kier alpha value is -3.66. The van der Waals surface area contributed by atoms with Crippen molar-refractivity contribution in [2.24, 2.45) is 5.92 Å². The highest BCUT2D eigenvalue weighted by Crippen LogP contribution is 2.38. The predicted molar refractivity (Wildman–Crippen MR) is 144 cm³/mol. The summed E-state index contributed by atoms with van der Waals surface area (Å²) in [7, 11) is 0. The van der Waals surface area contributed by atoms with Crippen LogP contribution >= 0.6 is 11.6 Å². The van der Waals surface area contributed by atoms with Gasteiger partial charge in [0.2, 0.25) is 0 Å². The van der Waals surface area contributed by atoms with Crippen molar-refractivity contribution < 1.29 is 31.9 Å². The number of ether oxygens (including phenoxy) is 1. The van der Waals surface area contributed by atoms with Crippen molar-refractivity contribution in [2.45, 2.75) is 32.4 Å². The summed E-state index contributed by atoms with van der Waals surface area (Å²) in [4.78, 5) is 30.6. The molecule has 2 aromatic carbocycles. The molecule has 3 aromatic rings. The molecule has 0 radical (unpaired) electrons. The number of carbonyl (C=O) groups excluding carboxylic acids is 2. The minimum atomic E-state index is -4.71. The molecular weight excluding hydrogens is 550 g/mol. The normalized spacial score (nSPS) is 14.2. The quantitative estimate of drug-likeness (QED) is 0.240. The van der Waals surface area contributed by atoms with E-state index in [9.17, 15) is 27.2 Å². The van der Waals surface area contributed by atoms with Crippen molar-refractivity contribution in [3.05, 3.63) is 82.3 Å². The molecular formula is C29H28ClF4N3O3. The van der Waals surface area contributed by atoms with Crippen molar-refractivity contribution in [3.8, 4) is 11.1 Å². The van der Waals surface area contributed by atoms with E-state index in [0.29, 0.717) is 42.2 Å². The lowest BCUT2D eigenvalue weighted by Gasteiger charge is -2.31. The number of halogens is 5. The molecule has 1 aliphatic heterocycles. The third-order valence-corrected chi connectivity index (χ3v) is 7.15. The Balaban J connectivity index is 1.45. The number of hydrogen-bond donors (Lipinski definition) is 1. The van der Waals surface area contributed by atoms with Crippen LogP contribution < -0.4 is 5.32 Å². The Kier molecular flexibility index (Phi) is 9.29. The highest BCUT2D eigenvalue weighted by Gasteiger charge is 2.35. The monoisotopic (exact) mass is 577 g/mol. The Morgan fingerprint density at radius 1 is 1.12 bits per heavy atom. The van der Waals surface area contributed by atoms with Gasteiger partial charge in [0.15, 0.2) is 0 Å². The van der Waals surface area contributed by atoms with Crippen LogP contribution in [0.2, 0.25) is 5.02 Å². The molecule has 1 fully saturated rings. The van der Waals surface area contributed by atoms with Gasteiger partial charge in [-0.1, -0.05) is 23.7 Å². The van der Waals surface area contributed by atoms with E-state index in [1.54, 1.807) is 13.0 Å². The lowest BCUT2D eigenvalue weighted by Crippen LogP contribution is -2.40. The first-order valence-electron chi connectivity index (χ1n) is 12.9. The number of nitrogens with zero attached hydrogens (tertiary/aromatic N) is 2. The summed E-state index contributed by atoms with van der Waals surface area (Å²) >= 11 is 6.04. The van der Waals surface area contributed by atoms with Crippen LogP contribution in [0.3, 0.4) is 0 Å². The molecule has 1 aromatic heterocycles. The van der Waals surface area contributed by atoms with E-state index < -0.39 is 23.5 Å². The van der Waals surface area contributed by atoms with Gasteiger partial charge in [-0.25, -0.2) is 9.37 Å². The molecule has 1 N–H and O–H groups in total. The molecule has 0 saturated carbocycles. The fraction of sp³-hybridized carbons (Fsp3) is 0.345. The molecule has 40 heavy (non-hydrogen) atoms. The van der Waals surface area contributed by atoms with Gasteiger partial charge in [-0.05, 0) is 68.1 Å². The number of nitrogens with one attached hydrogen (secondary N) is 1. The minimum Gasteiger partial charge on any atom is -0.466 e. The second-order valence-electron chi connectivity index (χ2n) is 9.39. The number of rotatable bonds is 8. The molecule has 1 aliphatic rings. The number of pyridine rings is 1. The van der Waals surface area contributed by atoms with Gasteiger partial charge in [-0.3, -0.25) is 9.59 Å². The summed E-state index contributed by atoms with van der Waals surface area (Å²) in [6.07, 6.45) is -2.31. The number of anilines is 1. The van der Waals surface area contributed by atoms with Gasteiger partial charge < -0.3 is 15.0 Å². The summed E-state index contributed by atoms with van der Waals surface area (Å²) < 4.78 is 61.1. The third-order valence-electron chi connectivity index (χ3n) is 6.79. The summed E-state index contributed by atoms with van der Waals surface area (Å²) in [5.41, 5.74) is -0.548. The van der Waals surface area contributed by atoms with Crippen LogP contribution in [-0.4, -0.2) is 48.0 Å². The predicted octanol–water partition coefficient (Wildman–Crippen LogP) is 6.63. The Bertz CT molecular complexity index is 1340. The van der Waals surface area contributed by atoms with Crippen LogP contribution in [0.15, 0.2) is 54.7 Å². The molecule has 0 unspecified atom stereocenters. The summed E-state index contributed by atoms with van der Waals surface area (Å²) in [5.74, 6) is -1.17. The summed E-state index contributed by atoms with van der Waals surface area (Å²) in [5, 5.41) is 3.32. The van der Waals surface area contributed by atoms with Crippen LogP contribution in [0.25, 0.3) is 11.1 Å². The van der Waals surface area contributed by atoms with Gasteiger partial charge >= 0.3 is 12.1 Å². The second kappa shape index (κ2) is 12.7. The lowest BCUT2D eigenvalue weighted by atomic mass is 9.95. The maximum atomic E-state index is 14.1. The standard InChI is InChI=1S/C29H28ClF4N3O3/c1-2-40-28(39)18-11-14-37(15-12-18)27(38)19-6-8-21(23(16-19)29(32,33)34)20-7-9-26(36-17-20)35-13-10-22-24(30)4-3-5-25(22)31/h3-9,16-18H,2,10-15H2,1H3,(H,35,36). The number of amides is 1. The number of hydrogen-bond acceptors (Lipinski definition) is 5. The molecule has 1 amide bonds. The average Bonchev–Trinajstić information content (AvgIpc) is 2.94. The molecule has 0 spiro atoms. The number of aromatic nitrogens is 1. The Morgan fingerprint density at radius 3 is 2.50 bits per heavy atom. The molecule has 11 heteroatoms. The first kappa shape index (κ1) is 29.3. The van der Waals surface area contributed by atoms with Crippen LogP contribution in [-0.2, 0) is 22.1 Å². The topological polar surface area (TPSA) is 71.5 Å². The zero-order chi connectivity index (χ0) is 28.9. The number of likely N-dealkylation sites (tertiary alicyclic amines) is 1. The van der Waals surface area contributed by atoms with Crippen molar-refractivity contribution in [1.82, 2.24) is 9.88 Å². The number of esters is 1. The van der Waals surface area contributed by atoms with Gasteiger partial charge in [-0.2, -0.15) is 13.2 Å². The Labute approximate surface area is 234 Å². The highest BCUT2D eigenvalue weighted by molar-refractivity contribution is 6.31. The van der Waals surface area contributed by atoms with E-state index in [2.05, 4.69) is 10.3 Å². The molecule has 212 valence electrons. The van der Waals surface area contributed by atoms with Crippen molar-refractivity contribution in [1.29, 1.82) is 0 Å². The van der Waals surface area contributed by atoms with Crippen LogP contribution in [0.5, 0.6) is 0 Å². The summed E-state index contributed by atoms with van der Waals surface area (Å²) in [6.45, 7) is 2.81. The first-order chi connectivity index (χ1) is 19.1. The molecule has 6 nitrogen and oxygen atoms in total. The number of benzene rings is 2. The Morgan fingerprint density at radius 2 is 1.88 bits per heavy atom. The molecule has 0 aliphatic carbocycles. The van der Waals surface area contributed by atoms with E-state index in [1.165, 1.54) is 47.5 Å². The van der Waals surface area contributed by atoms with Crippen LogP contribution in [0, 0.1) is 11.7 Å². The molecule has 0 bridgehead atoms. The molecule has 4 rings (SSSR count). The van der Waals surface area contributed by atoms with Gasteiger partial charge in [0.05, 0.1) is 18.1 Å². The largest absolute Gasteiger partial charge is 0.466 e. The number of piperidine rings is 1. The fourth-order valence-electron chi connectivity index (χ4n) is 4.67. The maximum Gasteiger partial charge on any atom is 0.417 e. The molecule has 1 saturated heterocycles. The van der Waals surface area contributed by atoms with E-state index in [4.69, 9.17) is 16.3 Å². The molecule has 2 heterocycles. The van der Waals surface area contributed by atoms with Crippen molar-refractivity contribution in [2.75, 3.05) is 31.6 Å². The number of carbonyl (C=O) groups is 2. The van der Waals surface area contributed by atoms with Crippen molar-refractivity contribution in [3.63, 3.8) is 0 Å². The van der Waals surface area contributed by atoms with Gasteiger partial charge in [0.1, 0.15) is 11.6 Å². The van der Waals surface area contributed by atoms with E-state index in [1.807, 2.05) is 0 Å². The maximum absolute atomic E-state index is 14.1. The van der Waals surface area contributed by atoms with Gasteiger partial charge in [-0.15, -0.1) is 0 Å². The van der Waals surface area contributed by atoms with E-state index in [0.717, 1.165) is 6.07 Å². The smallest absolute Gasteiger partial charge is 0.417 e. The average molecular weight is 578 g/mol. The first-order valence-corrected chi connectivity index (χ1v) is 13.3. The zero-order valence-electron chi connectivity index (χ0n) is 21.7. The second-order valence-corrected chi connectivity index (χ2v) is 9.79. The fourth-order valence-corrected chi connectivity index (χ4v) is 4.93. The zero-order valence-corrected chi connectivity index (χ0v) is 22.5. The van der Waals surface area contributed by atoms with Gasteiger partial charge in [0, 0.05) is 47.5 Å². The third kappa shape index (κ3) is 6.91.